The van der Waals surface area contributed by atoms with Crippen molar-refractivity contribution in [2.45, 2.75) is 44.2 Å². The standard InChI is InChI=1S/C13H16BrN3O3S/c14-10-6-15-12(21-10)16-13(20)17-8-4-2-1-3-7(8)5-9(17)11(18)19/h6-9H,1-5H2,(H,18,19)(H,15,16,20). The molecule has 1 aliphatic heterocycles. The number of halogens is 1. The molecular formula is C13H16BrN3O3S. The lowest BCUT2D eigenvalue weighted by Crippen LogP contribution is -2.48. The van der Waals surface area contributed by atoms with Crippen molar-refractivity contribution in [3.8, 4) is 0 Å². The number of aliphatic carboxylic acids is 1. The number of rotatable bonds is 2. The molecule has 2 fully saturated rings. The maximum atomic E-state index is 12.5. The normalized spacial score (nSPS) is 28.2. The van der Waals surface area contributed by atoms with Crippen LogP contribution in [0.1, 0.15) is 32.1 Å². The maximum Gasteiger partial charge on any atom is 0.326 e. The molecule has 0 bridgehead atoms. The van der Waals surface area contributed by atoms with Gasteiger partial charge in [0.15, 0.2) is 5.13 Å². The van der Waals surface area contributed by atoms with Crippen LogP contribution in [-0.4, -0.2) is 39.1 Å². The SMILES string of the molecule is O=C(O)C1CC2CCCCC2N1C(=O)Nc1ncc(Br)s1. The molecule has 1 saturated heterocycles. The van der Waals surface area contributed by atoms with Gasteiger partial charge in [-0.1, -0.05) is 24.2 Å². The van der Waals surface area contributed by atoms with E-state index in [2.05, 4.69) is 26.2 Å². The molecule has 0 aromatic carbocycles. The van der Waals surface area contributed by atoms with Gasteiger partial charge in [-0.2, -0.15) is 0 Å². The van der Waals surface area contributed by atoms with E-state index in [1.165, 1.54) is 16.2 Å². The molecule has 2 N–H and O–H groups in total. The summed E-state index contributed by atoms with van der Waals surface area (Å²) >= 11 is 4.61. The summed E-state index contributed by atoms with van der Waals surface area (Å²) < 4.78 is 0.824. The number of thiazole rings is 1. The highest BCUT2D eigenvalue weighted by Crippen LogP contribution is 2.40. The largest absolute Gasteiger partial charge is 0.480 e. The van der Waals surface area contributed by atoms with Crippen LogP contribution in [0, 0.1) is 5.92 Å². The lowest BCUT2D eigenvalue weighted by molar-refractivity contribution is -0.141. The summed E-state index contributed by atoms with van der Waals surface area (Å²) in [4.78, 5) is 29.6. The van der Waals surface area contributed by atoms with Crippen molar-refractivity contribution in [3.63, 3.8) is 0 Å². The lowest BCUT2D eigenvalue weighted by Gasteiger charge is -2.32. The van der Waals surface area contributed by atoms with Gasteiger partial charge < -0.3 is 10.0 Å². The number of amides is 2. The third-order valence-corrected chi connectivity index (χ3v) is 5.69. The molecule has 3 rings (SSSR count). The molecule has 3 atom stereocenters. The minimum atomic E-state index is -0.917. The van der Waals surface area contributed by atoms with Gasteiger partial charge in [-0.3, -0.25) is 5.32 Å². The van der Waals surface area contributed by atoms with Crippen LogP contribution in [0.15, 0.2) is 9.98 Å². The second kappa shape index (κ2) is 5.92. The topological polar surface area (TPSA) is 82.5 Å². The number of fused-ring (bicyclic) bond motifs is 1. The van der Waals surface area contributed by atoms with Gasteiger partial charge in [0.05, 0.1) is 9.98 Å². The number of aromatic nitrogens is 1. The van der Waals surface area contributed by atoms with Gasteiger partial charge >= 0.3 is 12.0 Å². The van der Waals surface area contributed by atoms with E-state index in [1.807, 2.05) is 0 Å². The Morgan fingerprint density at radius 3 is 2.86 bits per heavy atom. The fourth-order valence-electron chi connectivity index (χ4n) is 3.44. The van der Waals surface area contributed by atoms with E-state index in [1.54, 1.807) is 6.20 Å². The Bertz CT molecular complexity index is 565. The number of nitrogens with one attached hydrogen (secondary N) is 1. The molecule has 3 unspecified atom stereocenters. The van der Waals surface area contributed by atoms with Crippen LogP contribution in [0.3, 0.4) is 0 Å². The number of likely N-dealkylation sites (tertiary alicyclic amines) is 1. The highest BCUT2D eigenvalue weighted by molar-refractivity contribution is 9.11. The van der Waals surface area contributed by atoms with Crippen molar-refractivity contribution in [3.05, 3.63) is 9.98 Å². The molecule has 6 nitrogen and oxygen atoms in total. The molecule has 21 heavy (non-hydrogen) atoms. The van der Waals surface area contributed by atoms with Crippen LogP contribution < -0.4 is 5.32 Å². The van der Waals surface area contributed by atoms with Crippen molar-refractivity contribution >= 4 is 44.4 Å². The minimum absolute atomic E-state index is 0.0447. The zero-order chi connectivity index (χ0) is 15.0. The number of urea groups is 1. The van der Waals surface area contributed by atoms with Crippen molar-refractivity contribution < 1.29 is 14.7 Å². The van der Waals surface area contributed by atoms with E-state index >= 15 is 0 Å². The molecule has 114 valence electrons. The van der Waals surface area contributed by atoms with E-state index in [4.69, 9.17) is 0 Å². The first-order valence-electron chi connectivity index (χ1n) is 6.99. The lowest BCUT2D eigenvalue weighted by atomic mass is 9.85. The Morgan fingerprint density at radius 1 is 1.43 bits per heavy atom. The van der Waals surface area contributed by atoms with Crippen LogP contribution in [0.2, 0.25) is 0 Å². The van der Waals surface area contributed by atoms with E-state index in [-0.39, 0.29) is 12.1 Å². The van der Waals surface area contributed by atoms with Crippen molar-refractivity contribution in [2.24, 2.45) is 5.92 Å². The number of carbonyl (C=O) groups is 2. The predicted molar refractivity (Wildman–Crippen MR) is 82.5 cm³/mol. The molecule has 1 aliphatic carbocycles. The number of carbonyl (C=O) groups excluding carboxylic acids is 1. The average molecular weight is 374 g/mol. The van der Waals surface area contributed by atoms with Gasteiger partial charge in [0.1, 0.15) is 6.04 Å². The monoisotopic (exact) mass is 373 g/mol. The average Bonchev–Trinajstić information content (AvgIpc) is 3.02. The van der Waals surface area contributed by atoms with E-state index in [0.717, 1.165) is 29.5 Å². The summed E-state index contributed by atoms with van der Waals surface area (Å²) in [6.07, 6.45) is 6.27. The van der Waals surface area contributed by atoms with Crippen LogP contribution in [0.25, 0.3) is 0 Å². The summed E-state index contributed by atoms with van der Waals surface area (Å²) in [5.41, 5.74) is 0. The molecule has 0 radical (unpaired) electrons. The number of hydrogen-bond acceptors (Lipinski definition) is 4. The Kier molecular flexibility index (Phi) is 4.17. The predicted octanol–water partition coefficient (Wildman–Crippen LogP) is 3.16. The molecule has 2 heterocycles. The molecule has 0 spiro atoms. The van der Waals surface area contributed by atoms with E-state index in [0.29, 0.717) is 17.5 Å². The Hall–Kier alpha value is -1.15. The Morgan fingerprint density at radius 2 is 2.19 bits per heavy atom. The number of nitrogens with zero attached hydrogens (tertiary/aromatic N) is 2. The maximum absolute atomic E-state index is 12.5. The first-order valence-corrected chi connectivity index (χ1v) is 8.60. The third kappa shape index (κ3) is 2.91. The zero-order valence-corrected chi connectivity index (χ0v) is 13.7. The number of carboxylic acid groups (broad SMARTS) is 1. The van der Waals surface area contributed by atoms with Gasteiger partial charge in [0.2, 0.25) is 0 Å². The van der Waals surface area contributed by atoms with Crippen molar-refractivity contribution in [1.29, 1.82) is 0 Å². The fourth-order valence-corrected chi connectivity index (χ4v) is 4.54. The molecule has 2 aliphatic rings. The van der Waals surface area contributed by atoms with Crippen LogP contribution in [0.4, 0.5) is 9.93 Å². The smallest absolute Gasteiger partial charge is 0.326 e. The highest BCUT2D eigenvalue weighted by Gasteiger charge is 2.47. The zero-order valence-electron chi connectivity index (χ0n) is 11.3. The highest BCUT2D eigenvalue weighted by atomic mass is 79.9. The van der Waals surface area contributed by atoms with Gasteiger partial charge in [-0.05, 0) is 41.1 Å². The van der Waals surface area contributed by atoms with E-state index in [9.17, 15) is 14.7 Å². The van der Waals surface area contributed by atoms with Gasteiger partial charge in [0, 0.05) is 6.04 Å². The number of carboxylic acids is 1. The van der Waals surface area contributed by atoms with Gasteiger partial charge in [-0.15, -0.1) is 0 Å². The number of hydrogen-bond donors (Lipinski definition) is 2. The first kappa shape index (κ1) is 14.8. The van der Waals surface area contributed by atoms with Crippen molar-refractivity contribution in [1.82, 2.24) is 9.88 Å². The molecule has 2 amide bonds. The van der Waals surface area contributed by atoms with Crippen LogP contribution >= 0.6 is 27.3 Å². The fraction of sp³-hybridized carbons (Fsp3) is 0.615. The molecule has 8 heteroatoms. The second-order valence-corrected chi connectivity index (χ2v) is 7.92. The summed E-state index contributed by atoms with van der Waals surface area (Å²) in [5.74, 6) is -0.603. The van der Waals surface area contributed by atoms with Crippen LogP contribution in [-0.2, 0) is 4.79 Å². The molecule has 1 aromatic rings. The van der Waals surface area contributed by atoms with Crippen molar-refractivity contribution in [2.75, 3.05) is 5.32 Å². The van der Waals surface area contributed by atoms with E-state index < -0.39 is 12.0 Å². The van der Waals surface area contributed by atoms with Gasteiger partial charge in [-0.25, -0.2) is 14.6 Å². The summed E-state index contributed by atoms with van der Waals surface area (Å²) in [5, 5.41) is 12.6. The third-order valence-electron chi connectivity index (χ3n) is 4.30. The molecule has 1 saturated carbocycles. The minimum Gasteiger partial charge on any atom is -0.480 e. The molecular weight excluding hydrogens is 358 g/mol. The first-order chi connectivity index (χ1) is 10.1. The Balaban J connectivity index is 1.79. The second-order valence-electron chi connectivity index (χ2n) is 5.51. The van der Waals surface area contributed by atoms with Crippen LogP contribution in [0.5, 0.6) is 0 Å². The summed E-state index contributed by atoms with van der Waals surface area (Å²) in [7, 11) is 0. The summed E-state index contributed by atoms with van der Waals surface area (Å²) in [6, 6.07) is -1.02. The molecule has 1 aromatic heterocycles. The van der Waals surface area contributed by atoms with Gasteiger partial charge in [0.25, 0.3) is 0 Å². The Labute approximate surface area is 134 Å². The summed E-state index contributed by atoms with van der Waals surface area (Å²) in [6.45, 7) is 0. The quantitative estimate of drug-likeness (QED) is 0.833. The number of anilines is 1.